The molecule has 1 aliphatic rings. The van der Waals surface area contributed by atoms with Crippen molar-refractivity contribution in [3.8, 4) is 5.75 Å². The molecule has 0 aromatic heterocycles. The number of aryl methyl sites for hydroxylation is 1. The maximum absolute atomic E-state index is 13.3. The Morgan fingerprint density at radius 1 is 1.00 bits per heavy atom. The molecule has 2 atom stereocenters. The third-order valence-corrected chi connectivity index (χ3v) is 6.08. The molecule has 1 heterocycles. The summed E-state index contributed by atoms with van der Waals surface area (Å²) < 4.78 is 32.2. The summed E-state index contributed by atoms with van der Waals surface area (Å²) in [5, 5.41) is 3.53. The lowest BCUT2D eigenvalue weighted by atomic mass is 9.87. The van der Waals surface area contributed by atoms with Gasteiger partial charge in [0.25, 0.3) is 0 Å². The predicted octanol–water partition coefficient (Wildman–Crippen LogP) is 6.58. The summed E-state index contributed by atoms with van der Waals surface area (Å²) in [7, 11) is 0. The molecular weight excluding hydrogens is 417 g/mol. The molecule has 0 saturated heterocycles. The van der Waals surface area contributed by atoms with E-state index in [1.54, 1.807) is 12.1 Å². The third-order valence-electron chi connectivity index (χ3n) is 6.08. The minimum absolute atomic E-state index is 0.257. The fourth-order valence-electron chi connectivity index (χ4n) is 4.26. The highest BCUT2D eigenvalue weighted by Crippen LogP contribution is 2.44. The van der Waals surface area contributed by atoms with Crippen molar-refractivity contribution >= 4 is 5.69 Å². The van der Waals surface area contributed by atoms with E-state index in [-0.39, 0.29) is 18.0 Å². The van der Waals surface area contributed by atoms with E-state index in [4.69, 9.17) is 14.2 Å². The molecule has 0 amide bonds. The van der Waals surface area contributed by atoms with Gasteiger partial charge >= 0.3 is 0 Å². The first kappa shape index (κ1) is 23.3. The third kappa shape index (κ3) is 5.37. The molecule has 0 aliphatic carbocycles. The summed E-state index contributed by atoms with van der Waals surface area (Å²) in [6.45, 7) is 9.78. The summed E-state index contributed by atoms with van der Waals surface area (Å²) in [4.78, 5) is 0. The monoisotopic (exact) mass is 449 g/mol. The molecule has 0 radical (unpaired) electrons. The lowest BCUT2D eigenvalue weighted by Gasteiger charge is -2.44. The number of nitrogens with one attached hydrogen (secondary N) is 1. The zero-order chi connectivity index (χ0) is 23.4. The normalized spacial score (nSPS) is 18.9. The summed E-state index contributed by atoms with van der Waals surface area (Å²) in [5.41, 5.74) is 4.80. The molecule has 1 N–H and O–H groups in total. The lowest BCUT2D eigenvalue weighted by Crippen LogP contribution is -2.51. The molecule has 2 unspecified atom stereocenters. The molecule has 33 heavy (non-hydrogen) atoms. The maximum atomic E-state index is 13.3. The van der Waals surface area contributed by atoms with Crippen molar-refractivity contribution in [2.75, 3.05) is 11.9 Å². The van der Waals surface area contributed by atoms with Crippen LogP contribution in [-0.2, 0) is 22.6 Å². The van der Waals surface area contributed by atoms with Gasteiger partial charge in [-0.3, -0.25) is 0 Å². The summed E-state index contributed by atoms with van der Waals surface area (Å²) in [6, 6.07) is 20.9. The molecule has 3 aromatic rings. The first-order chi connectivity index (χ1) is 15.9. The summed E-state index contributed by atoms with van der Waals surface area (Å²) >= 11 is 0. The first-order valence-corrected chi connectivity index (χ1v) is 11.5. The maximum Gasteiger partial charge on any atom is 0.132 e. The Morgan fingerprint density at radius 2 is 1.76 bits per heavy atom. The second-order valence-electron chi connectivity index (χ2n) is 8.97. The van der Waals surface area contributed by atoms with Crippen LogP contribution in [0.25, 0.3) is 0 Å². The molecule has 0 saturated carbocycles. The van der Waals surface area contributed by atoms with E-state index in [0.717, 1.165) is 29.1 Å². The van der Waals surface area contributed by atoms with E-state index < -0.39 is 5.60 Å². The molecule has 4 rings (SSSR count). The van der Waals surface area contributed by atoms with Crippen LogP contribution in [0.4, 0.5) is 10.1 Å². The summed E-state index contributed by atoms with van der Waals surface area (Å²) in [6.07, 6.45) is -0.615. The van der Waals surface area contributed by atoms with Crippen LogP contribution in [0, 0.1) is 12.7 Å². The average molecular weight is 450 g/mol. The van der Waals surface area contributed by atoms with Gasteiger partial charge in [0.1, 0.15) is 29.4 Å². The molecular formula is C28H32FNO3. The van der Waals surface area contributed by atoms with Crippen LogP contribution in [-0.4, -0.2) is 18.3 Å². The lowest BCUT2D eigenvalue weighted by molar-refractivity contribution is -0.165. The van der Waals surface area contributed by atoms with Gasteiger partial charge in [-0.2, -0.15) is 0 Å². The van der Waals surface area contributed by atoms with Gasteiger partial charge in [-0.25, -0.2) is 4.39 Å². The SMILES string of the molecule is CCOC1c2cc(NCc3ccccc3C)ccc2OC(C)(C)C1OCc1ccc(F)cc1. The molecule has 174 valence electrons. The first-order valence-electron chi connectivity index (χ1n) is 11.5. The Morgan fingerprint density at radius 3 is 2.48 bits per heavy atom. The number of ether oxygens (including phenoxy) is 3. The van der Waals surface area contributed by atoms with Crippen LogP contribution in [0.3, 0.4) is 0 Å². The molecule has 0 fully saturated rings. The summed E-state index contributed by atoms with van der Waals surface area (Å²) in [5.74, 6) is 0.549. The van der Waals surface area contributed by atoms with E-state index in [1.165, 1.54) is 23.3 Å². The zero-order valence-electron chi connectivity index (χ0n) is 19.7. The molecule has 5 heteroatoms. The van der Waals surface area contributed by atoms with Gasteiger partial charge in [0, 0.05) is 24.4 Å². The smallest absolute Gasteiger partial charge is 0.132 e. The Balaban J connectivity index is 1.56. The Hall–Kier alpha value is -2.89. The second kappa shape index (κ2) is 9.94. The van der Waals surface area contributed by atoms with Crippen molar-refractivity contribution in [3.63, 3.8) is 0 Å². The highest BCUT2D eigenvalue weighted by atomic mass is 19.1. The van der Waals surface area contributed by atoms with Crippen molar-refractivity contribution in [1.82, 2.24) is 0 Å². The van der Waals surface area contributed by atoms with Crippen LogP contribution >= 0.6 is 0 Å². The minimum Gasteiger partial charge on any atom is -0.485 e. The number of fused-ring (bicyclic) bond motifs is 1. The number of anilines is 1. The zero-order valence-corrected chi connectivity index (χ0v) is 19.7. The molecule has 0 spiro atoms. The van der Waals surface area contributed by atoms with E-state index in [1.807, 2.05) is 32.9 Å². The van der Waals surface area contributed by atoms with Gasteiger partial charge in [-0.1, -0.05) is 36.4 Å². The standard InChI is InChI=1S/C28H32FNO3/c1-5-31-26-24-16-23(30-17-21-9-7-6-8-19(21)2)14-15-25(24)33-28(3,4)27(26)32-18-20-10-12-22(29)13-11-20/h6-16,26-27,30H,5,17-18H2,1-4H3. The van der Waals surface area contributed by atoms with Gasteiger partial charge in [-0.15, -0.1) is 0 Å². The minimum atomic E-state index is -0.594. The Bertz CT molecular complexity index is 1080. The highest BCUT2D eigenvalue weighted by Gasteiger charge is 2.45. The van der Waals surface area contributed by atoms with Crippen LogP contribution in [0.15, 0.2) is 66.7 Å². The quantitative estimate of drug-likeness (QED) is 0.422. The van der Waals surface area contributed by atoms with Gasteiger partial charge in [-0.05, 0) is 74.7 Å². The van der Waals surface area contributed by atoms with Crippen molar-refractivity contribution < 1.29 is 18.6 Å². The molecule has 3 aromatic carbocycles. The Labute approximate surface area is 195 Å². The number of hydrogen-bond acceptors (Lipinski definition) is 4. The van der Waals surface area contributed by atoms with E-state index in [2.05, 4.69) is 42.6 Å². The second-order valence-corrected chi connectivity index (χ2v) is 8.97. The van der Waals surface area contributed by atoms with Gasteiger partial charge < -0.3 is 19.5 Å². The number of benzene rings is 3. The van der Waals surface area contributed by atoms with Crippen LogP contribution in [0.2, 0.25) is 0 Å². The fraction of sp³-hybridized carbons (Fsp3) is 0.357. The van der Waals surface area contributed by atoms with Crippen LogP contribution in [0.5, 0.6) is 5.75 Å². The van der Waals surface area contributed by atoms with E-state index in [9.17, 15) is 4.39 Å². The molecule has 1 aliphatic heterocycles. The predicted molar refractivity (Wildman–Crippen MR) is 129 cm³/mol. The van der Waals surface area contributed by atoms with Crippen molar-refractivity contribution in [1.29, 1.82) is 0 Å². The Kier molecular flexibility index (Phi) is 7.01. The van der Waals surface area contributed by atoms with Crippen molar-refractivity contribution in [2.24, 2.45) is 0 Å². The number of hydrogen-bond donors (Lipinski definition) is 1. The van der Waals surface area contributed by atoms with Gasteiger partial charge in [0.2, 0.25) is 0 Å². The topological polar surface area (TPSA) is 39.7 Å². The number of halogens is 1. The van der Waals surface area contributed by atoms with Crippen molar-refractivity contribution in [2.45, 2.75) is 58.7 Å². The van der Waals surface area contributed by atoms with E-state index in [0.29, 0.717) is 13.2 Å². The van der Waals surface area contributed by atoms with Crippen LogP contribution in [0.1, 0.15) is 49.1 Å². The largest absolute Gasteiger partial charge is 0.485 e. The van der Waals surface area contributed by atoms with E-state index >= 15 is 0 Å². The van der Waals surface area contributed by atoms with Gasteiger partial charge in [0.05, 0.1) is 6.61 Å². The van der Waals surface area contributed by atoms with Crippen molar-refractivity contribution in [3.05, 3.63) is 94.8 Å². The van der Waals surface area contributed by atoms with Gasteiger partial charge in [0.15, 0.2) is 0 Å². The molecule has 0 bridgehead atoms. The number of rotatable bonds is 8. The fourth-order valence-corrected chi connectivity index (χ4v) is 4.26. The molecule has 4 nitrogen and oxygen atoms in total. The highest BCUT2D eigenvalue weighted by molar-refractivity contribution is 5.54. The van der Waals surface area contributed by atoms with Crippen LogP contribution < -0.4 is 10.1 Å². The average Bonchev–Trinajstić information content (AvgIpc) is 2.79.